The molecular formula is C17H21NO3S. The van der Waals surface area contributed by atoms with Crippen molar-refractivity contribution >= 4 is 15.7 Å². The molecule has 0 aliphatic heterocycles. The first-order chi connectivity index (χ1) is 10.1. The fourth-order valence-electron chi connectivity index (χ4n) is 2.60. The van der Waals surface area contributed by atoms with E-state index in [4.69, 9.17) is 0 Å². The number of hydrogen-bond donors (Lipinski definition) is 2. The molecule has 118 valence electrons. The predicted molar refractivity (Wildman–Crippen MR) is 89.0 cm³/mol. The Balaban J connectivity index is 2.57. The zero-order valence-corrected chi connectivity index (χ0v) is 14.3. The molecule has 0 bridgehead atoms. The van der Waals surface area contributed by atoms with Crippen LogP contribution in [0.1, 0.15) is 27.8 Å². The molecule has 2 rings (SSSR count). The topological polar surface area (TPSA) is 66.4 Å². The molecule has 0 unspecified atom stereocenters. The van der Waals surface area contributed by atoms with Gasteiger partial charge in [-0.2, -0.15) is 0 Å². The van der Waals surface area contributed by atoms with Crippen molar-refractivity contribution in [1.29, 1.82) is 0 Å². The summed E-state index contributed by atoms with van der Waals surface area (Å²) in [5.41, 5.74) is 5.08. The van der Waals surface area contributed by atoms with E-state index in [1.54, 1.807) is 0 Å². The van der Waals surface area contributed by atoms with Crippen LogP contribution in [0, 0.1) is 34.6 Å². The molecule has 0 saturated carbocycles. The monoisotopic (exact) mass is 319 g/mol. The molecule has 2 N–H and O–H groups in total. The Morgan fingerprint density at radius 1 is 0.773 bits per heavy atom. The molecule has 0 aromatic heterocycles. The summed E-state index contributed by atoms with van der Waals surface area (Å²) in [6.07, 6.45) is 0. The Morgan fingerprint density at radius 2 is 1.18 bits per heavy atom. The highest BCUT2D eigenvalue weighted by molar-refractivity contribution is 7.92. The van der Waals surface area contributed by atoms with E-state index in [1.807, 2.05) is 34.6 Å². The van der Waals surface area contributed by atoms with E-state index in [0.29, 0.717) is 10.6 Å². The molecule has 2 aromatic carbocycles. The van der Waals surface area contributed by atoms with E-state index >= 15 is 0 Å². The lowest BCUT2D eigenvalue weighted by atomic mass is 9.95. The molecule has 0 aliphatic rings. The van der Waals surface area contributed by atoms with Crippen molar-refractivity contribution in [3.63, 3.8) is 0 Å². The van der Waals surface area contributed by atoms with Crippen molar-refractivity contribution in [3.05, 3.63) is 52.1 Å². The summed E-state index contributed by atoms with van der Waals surface area (Å²) < 4.78 is 28.1. The predicted octanol–water partition coefficient (Wildman–Crippen LogP) is 3.74. The average molecular weight is 319 g/mol. The van der Waals surface area contributed by atoms with Gasteiger partial charge in [-0.1, -0.05) is 0 Å². The number of nitrogens with one attached hydrogen (secondary N) is 1. The Kier molecular flexibility index (Phi) is 4.20. The van der Waals surface area contributed by atoms with Crippen molar-refractivity contribution < 1.29 is 13.5 Å². The van der Waals surface area contributed by atoms with Gasteiger partial charge in [0.2, 0.25) is 0 Å². The number of aromatic hydroxyl groups is 1. The third-order valence-electron chi connectivity index (χ3n) is 4.32. The van der Waals surface area contributed by atoms with Crippen molar-refractivity contribution in [1.82, 2.24) is 0 Å². The van der Waals surface area contributed by atoms with E-state index in [9.17, 15) is 13.5 Å². The maximum absolute atomic E-state index is 12.8. The Hall–Kier alpha value is -2.01. The van der Waals surface area contributed by atoms with Crippen LogP contribution in [0.2, 0.25) is 0 Å². The van der Waals surface area contributed by atoms with Crippen LogP contribution in [0.4, 0.5) is 5.69 Å². The van der Waals surface area contributed by atoms with Gasteiger partial charge >= 0.3 is 0 Å². The minimum absolute atomic E-state index is 0.0948. The van der Waals surface area contributed by atoms with Gasteiger partial charge in [-0.15, -0.1) is 0 Å². The van der Waals surface area contributed by atoms with E-state index < -0.39 is 10.0 Å². The van der Waals surface area contributed by atoms with Crippen molar-refractivity contribution in [2.75, 3.05) is 4.72 Å². The molecule has 0 spiro atoms. The van der Waals surface area contributed by atoms with Crippen LogP contribution in [0.3, 0.4) is 0 Å². The summed E-state index contributed by atoms with van der Waals surface area (Å²) in [6.45, 7) is 9.56. The Labute approximate surface area is 131 Å². The molecule has 2 aromatic rings. The third-order valence-corrected chi connectivity index (χ3v) is 5.97. The molecule has 0 atom stereocenters. The number of hydrogen-bond acceptors (Lipinski definition) is 3. The molecule has 4 nitrogen and oxygen atoms in total. The van der Waals surface area contributed by atoms with Crippen LogP contribution in [-0.2, 0) is 10.0 Å². The van der Waals surface area contributed by atoms with Gasteiger partial charge in [-0.25, -0.2) is 8.42 Å². The van der Waals surface area contributed by atoms with Crippen molar-refractivity contribution in [3.8, 4) is 5.75 Å². The molecule has 22 heavy (non-hydrogen) atoms. The second-order valence-corrected chi connectivity index (χ2v) is 7.23. The second kappa shape index (κ2) is 5.65. The van der Waals surface area contributed by atoms with Crippen LogP contribution in [0.25, 0.3) is 0 Å². The Morgan fingerprint density at radius 3 is 1.64 bits per heavy atom. The van der Waals surface area contributed by atoms with Gasteiger partial charge in [-0.05, 0) is 86.7 Å². The SMILES string of the molecule is Cc1c(C)c(C)c(S(=O)(=O)Nc2ccc(O)cc2)c(C)c1C. The molecule has 0 aliphatic carbocycles. The lowest BCUT2D eigenvalue weighted by Crippen LogP contribution is -2.17. The number of rotatable bonds is 3. The maximum atomic E-state index is 12.8. The van der Waals surface area contributed by atoms with Gasteiger partial charge in [0.05, 0.1) is 4.90 Å². The average Bonchev–Trinajstić information content (AvgIpc) is 2.45. The van der Waals surface area contributed by atoms with Crippen LogP contribution in [0.15, 0.2) is 29.2 Å². The zero-order valence-electron chi connectivity index (χ0n) is 13.5. The highest BCUT2D eigenvalue weighted by Gasteiger charge is 2.23. The highest BCUT2D eigenvalue weighted by atomic mass is 32.2. The molecule has 0 amide bonds. The maximum Gasteiger partial charge on any atom is 0.262 e. The first-order valence-corrected chi connectivity index (χ1v) is 8.52. The summed E-state index contributed by atoms with van der Waals surface area (Å²) in [5.74, 6) is 0.0948. The third kappa shape index (κ3) is 2.81. The summed E-state index contributed by atoms with van der Waals surface area (Å²) >= 11 is 0. The van der Waals surface area contributed by atoms with E-state index in [0.717, 1.165) is 27.8 Å². The number of phenols is 1. The van der Waals surface area contributed by atoms with Gasteiger partial charge in [0.25, 0.3) is 10.0 Å². The summed E-state index contributed by atoms with van der Waals surface area (Å²) in [7, 11) is -3.68. The fourth-order valence-corrected chi connectivity index (χ4v) is 4.27. The van der Waals surface area contributed by atoms with Gasteiger partial charge in [0.1, 0.15) is 5.75 Å². The molecule has 0 heterocycles. The fraction of sp³-hybridized carbons (Fsp3) is 0.294. The molecule has 0 radical (unpaired) electrons. The van der Waals surface area contributed by atoms with Gasteiger partial charge in [-0.3, -0.25) is 4.72 Å². The first-order valence-electron chi connectivity index (χ1n) is 7.04. The number of phenolic OH excluding ortho intramolecular Hbond substituents is 1. The van der Waals surface area contributed by atoms with Gasteiger partial charge in [0, 0.05) is 5.69 Å². The first kappa shape index (κ1) is 16.4. The molecule has 0 saturated heterocycles. The number of anilines is 1. The van der Waals surface area contributed by atoms with Crippen LogP contribution < -0.4 is 4.72 Å². The minimum Gasteiger partial charge on any atom is -0.508 e. The van der Waals surface area contributed by atoms with Gasteiger partial charge in [0.15, 0.2) is 0 Å². The lowest BCUT2D eigenvalue weighted by molar-refractivity contribution is 0.475. The van der Waals surface area contributed by atoms with Crippen molar-refractivity contribution in [2.45, 2.75) is 39.5 Å². The summed E-state index contributed by atoms with van der Waals surface area (Å²) in [6, 6.07) is 5.96. The molecular weight excluding hydrogens is 298 g/mol. The standard InChI is InChI=1S/C17H21NO3S/c1-10-11(2)13(4)17(14(5)12(10)3)22(20,21)18-15-6-8-16(19)9-7-15/h6-9,18-19H,1-5H3. The molecule has 0 fully saturated rings. The van der Waals surface area contributed by atoms with Gasteiger partial charge < -0.3 is 5.11 Å². The smallest absolute Gasteiger partial charge is 0.262 e. The summed E-state index contributed by atoms with van der Waals surface area (Å²) in [5, 5.41) is 9.29. The van der Waals surface area contributed by atoms with Crippen LogP contribution in [-0.4, -0.2) is 13.5 Å². The lowest BCUT2D eigenvalue weighted by Gasteiger charge is -2.19. The van der Waals surface area contributed by atoms with Crippen LogP contribution in [0.5, 0.6) is 5.75 Å². The highest BCUT2D eigenvalue weighted by Crippen LogP contribution is 2.30. The van der Waals surface area contributed by atoms with Crippen LogP contribution >= 0.6 is 0 Å². The second-order valence-electron chi connectivity index (χ2n) is 5.61. The molecule has 5 heteroatoms. The zero-order chi connectivity index (χ0) is 16.7. The van der Waals surface area contributed by atoms with E-state index in [1.165, 1.54) is 24.3 Å². The quantitative estimate of drug-likeness (QED) is 0.847. The van der Waals surface area contributed by atoms with E-state index in [-0.39, 0.29) is 5.75 Å². The van der Waals surface area contributed by atoms with Crippen molar-refractivity contribution in [2.24, 2.45) is 0 Å². The largest absolute Gasteiger partial charge is 0.508 e. The summed E-state index contributed by atoms with van der Waals surface area (Å²) in [4.78, 5) is 0.334. The van der Waals surface area contributed by atoms with E-state index in [2.05, 4.69) is 4.72 Å². The normalized spacial score (nSPS) is 11.5. The minimum atomic E-state index is -3.68. The number of sulfonamides is 1. The Bertz CT molecular complexity index is 793. The number of benzene rings is 2.